The average molecular weight is 245 g/mol. The molecule has 0 aromatic heterocycles. The molecule has 100 valence electrons. The van der Waals surface area contributed by atoms with E-state index in [0.29, 0.717) is 5.92 Å². The van der Waals surface area contributed by atoms with Gasteiger partial charge >= 0.3 is 0 Å². The number of hydrogen-bond donors (Lipinski definition) is 1. The summed E-state index contributed by atoms with van der Waals surface area (Å²) >= 11 is 0. The minimum absolute atomic E-state index is 0.715. The van der Waals surface area contributed by atoms with E-state index in [1.807, 2.05) is 0 Å². The van der Waals surface area contributed by atoms with Gasteiger partial charge in [-0.2, -0.15) is 0 Å². The van der Waals surface area contributed by atoms with Gasteiger partial charge in [-0.3, -0.25) is 0 Å². The largest absolute Gasteiger partial charge is 0.316 e. The van der Waals surface area contributed by atoms with Crippen molar-refractivity contribution in [3.63, 3.8) is 0 Å². The summed E-state index contributed by atoms with van der Waals surface area (Å²) in [6.07, 6.45) is 5.70. The number of nitrogens with one attached hydrogen (secondary N) is 1. The Morgan fingerprint density at radius 3 is 2.33 bits per heavy atom. The van der Waals surface area contributed by atoms with E-state index in [-0.39, 0.29) is 0 Å². The van der Waals surface area contributed by atoms with Crippen LogP contribution in [-0.2, 0) is 0 Å². The second kappa shape index (κ2) is 6.94. The molecule has 1 fully saturated rings. The van der Waals surface area contributed by atoms with Gasteiger partial charge < -0.3 is 5.32 Å². The highest BCUT2D eigenvalue weighted by Crippen LogP contribution is 2.36. The van der Waals surface area contributed by atoms with Gasteiger partial charge in [0.2, 0.25) is 0 Å². The van der Waals surface area contributed by atoms with E-state index in [2.05, 4.69) is 49.5 Å². The van der Waals surface area contributed by atoms with Crippen LogP contribution in [0, 0.1) is 11.8 Å². The van der Waals surface area contributed by atoms with Crippen LogP contribution in [0.3, 0.4) is 0 Å². The summed E-state index contributed by atoms with van der Waals surface area (Å²) in [6.45, 7) is 6.84. The molecule has 0 bridgehead atoms. The number of benzene rings is 1. The summed E-state index contributed by atoms with van der Waals surface area (Å²) in [7, 11) is 0. The molecular weight excluding hydrogens is 218 g/mol. The molecule has 1 saturated carbocycles. The monoisotopic (exact) mass is 245 g/mol. The molecule has 1 atom stereocenters. The Morgan fingerprint density at radius 1 is 1.06 bits per heavy atom. The van der Waals surface area contributed by atoms with Gasteiger partial charge in [0.25, 0.3) is 0 Å². The van der Waals surface area contributed by atoms with Crippen LogP contribution in [0.2, 0.25) is 0 Å². The lowest BCUT2D eigenvalue weighted by Crippen LogP contribution is -2.28. The third-order valence-corrected chi connectivity index (χ3v) is 4.11. The molecule has 1 unspecified atom stereocenters. The Labute approximate surface area is 112 Å². The summed E-state index contributed by atoms with van der Waals surface area (Å²) in [4.78, 5) is 0. The zero-order valence-corrected chi connectivity index (χ0v) is 11.9. The van der Waals surface area contributed by atoms with E-state index in [1.54, 1.807) is 0 Å². The molecule has 0 saturated heterocycles. The molecule has 0 radical (unpaired) electrons. The van der Waals surface area contributed by atoms with Crippen molar-refractivity contribution in [2.45, 2.75) is 45.4 Å². The first-order chi connectivity index (χ1) is 8.77. The van der Waals surface area contributed by atoms with Gasteiger partial charge in [0.1, 0.15) is 0 Å². The highest BCUT2D eigenvalue weighted by Gasteiger charge is 2.25. The van der Waals surface area contributed by atoms with Gasteiger partial charge in [0.15, 0.2) is 0 Å². The van der Waals surface area contributed by atoms with Gasteiger partial charge in [0, 0.05) is 6.54 Å². The lowest BCUT2D eigenvalue weighted by molar-refractivity contribution is 0.400. The van der Waals surface area contributed by atoms with Crippen LogP contribution in [0.1, 0.15) is 51.0 Å². The molecule has 1 nitrogen and oxygen atoms in total. The van der Waals surface area contributed by atoms with Crippen LogP contribution >= 0.6 is 0 Å². The normalized spacial score (nSPS) is 18.4. The van der Waals surface area contributed by atoms with Crippen LogP contribution in [0.25, 0.3) is 0 Å². The maximum absolute atomic E-state index is 3.66. The molecule has 0 amide bonds. The highest BCUT2D eigenvalue weighted by atomic mass is 14.9. The second-order valence-electron chi connectivity index (χ2n) is 6.11. The molecule has 1 heteroatoms. The van der Waals surface area contributed by atoms with Crippen molar-refractivity contribution < 1.29 is 0 Å². The molecule has 18 heavy (non-hydrogen) atoms. The van der Waals surface area contributed by atoms with E-state index in [1.165, 1.54) is 31.2 Å². The highest BCUT2D eigenvalue weighted by molar-refractivity contribution is 5.21. The summed E-state index contributed by atoms with van der Waals surface area (Å²) in [5.41, 5.74) is 1.53. The summed E-state index contributed by atoms with van der Waals surface area (Å²) in [6, 6.07) is 11.1. The number of rotatable bonds is 6. The fourth-order valence-electron chi connectivity index (χ4n) is 3.14. The fourth-order valence-corrected chi connectivity index (χ4v) is 3.14. The van der Waals surface area contributed by atoms with Crippen LogP contribution in [0.4, 0.5) is 0 Å². The molecular formula is C17H27N. The Balaban J connectivity index is 1.98. The van der Waals surface area contributed by atoms with Crippen molar-refractivity contribution in [3.8, 4) is 0 Å². The summed E-state index contributed by atoms with van der Waals surface area (Å²) in [5.74, 6) is 2.35. The van der Waals surface area contributed by atoms with Gasteiger partial charge in [-0.25, -0.2) is 0 Å². The van der Waals surface area contributed by atoms with E-state index in [0.717, 1.165) is 24.9 Å². The summed E-state index contributed by atoms with van der Waals surface area (Å²) < 4.78 is 0. The lowest BCUT2D eigenvalue weighted by atomic mass is 9.84. The minimum atomic E-state index is 0.715. The molecule has 1 aliphatic carbocycles. The van der Waals surface area contributed by atoms with Crippen molar-refractivity contribution in [1.82, 2.24) is 5.32 Å². The van der Waals surface area contributed by atoms with Gasteiger partial charge in [-0.1, -0.05) is 57.0 Å². The van der Waals surface area contributed by atoms with E-state index in [4.69, 9.17) is 0 Å². The number of hydrogen-bond acceptors (Lipinski definition) is 1. The summed E-state index contributed by atoms with van der Waals surface area (Å²) in [5, 5.41) is 3.66. The Kier molecular flexibility index (Phi) is 5.25. The van der Waals surface area contributed by atoms with Gasteiger partial charge in [-0.05, 0) is 42.7 Å². The Hall–Kier alpha value is -0.820. The van der Waals surface area contributed by atoms with E-state index >= 15 is 0 Å². The van der Waals surface area contributed by atoms with E-state index in [9.17, 15) is 0 Å². The maximum atomic E-state index is 3.66. The van der Waals surface area contributed by atoms with E-state index < -0.39 is 0 Å². The quantitative estimate of drug-likeness (QED) is 0.792. The molecule has 1 aromatic carbocycles. The first-order valence-electron chi connectivity index (χ1n) is 7.53. The van der Waals surface area contributed by atoms with Gasteiger partial charge in [-0.15, -0.1) is 0 Å². The first kappa shape index (κ1) is 13.6. The third kappa shape index (κ3) is 3.84. The van der Waals surface area contributed by atoms with Gasteiger partial charge in [0.05, 0.1) is 0 Å². The van der Waals surface area contributed by atoms with Crippen molar-refractivity contribution in [2.24, 2.45) is 11.8 Å². The van der Waals surface area contributed by atoms with Crippen molar-refractivity contribution in [2.75, 3.05) is 13.1 Å². The second-order valence-corrected chi connectivity index (χ2v) is 6.11. The molecule has 0 spiro atoms. The SMILES string of the molecule is CC(C)CNCC(c1ccccc1)C1CCCC1. The minimum Gasteiger partial charge on any atom is -0.316 e. The third-order valence-electron chi connectivity index (χ3n) is 4.11. The van der Waals surface area contributed by atoms with Crippen molar-refractivity contribution >= 4 is 0 Å². The van der Waals surface area contributed by atoms with Crippen LogP contribution in [0.15, 0.2) is 30.3 Å². The predicted molar refractivity (Wildman–Crippen MR) is 78.8 cm³/mol. The zero-order chi connectivity index (χ0) is 12.8. The lowest BCUT2D eigenvalue weighted by Gasteiger charge is -2.25. The van der Waals surface area contributed by atoms with Crippen LogP contribution in [-0.4, -0.2) is 13.1 Å². The fraction of sp³-hybridized carbons (Fsp3) is 0.647. The zero-order valence-electron chi connectivity index (χ0n) is 11.9. The predicted octanol–water partition coefficient (Wildman–Crippen LogP) is 4.21. The molecule has 1 aromatic rings. The van der Waals surface area contributed by atoms with Crippen LogP contribution in [0.5, 0.6) is 0 Å². The Bertz CT molecular complexity index is 325. The molecule has 0 aliphatic heterocycles. The smallest absolute Gasteiger partial charge is 0.00229 e. The molecule has 2 rings (SSSR count). The molecule has 1 N–H and O–H groups in total. The Morgan fingerprint density at radius 2 is 1.72 bits per heavy atom. The molecule has 1 aliphatic rings. The standard InChI is InChI=1S/C17H27N/c1-14(2)12-18-13-17(16-10-6-7-11-16)15-8-4-3-5-9-15/h3-5,8-9,14,16-18H,6-7,10-13H2,1-2H3. The van der Waals surface area contributed by atoms with Crippen LogP contribution < -0.4 is 5.32 Å². The molecule has 0 heterocycles. The topological polar surface area (TPSA) is 12.0 Å². The first-order valence-corrected chi connectivity index (χ1v) is 7.53. The average Bonchev–Trinajstić information content (AvgIpc) is 2.89. The maximum Gasteiger partial charge on any atom is 0.00229 e. The van der Waals surface area contributed by atoms with Crippen molar-refractivity contribution in [3.05, 3.63) is 35.9 Å². The van der Waals surface area contributed by atoms with Crippen molar-refractivity contribution in [1.29, 1.82) is 0 Å².